The zero-order valence-electron chi connectivity index (χ0n) is 70.0. The van der Waals surface area contributed by atoms with Crippen LogP contribution in [0.1, 0.15) is 219 Å². The number of carbonyl (C=O) groups is 16. The monoisotopic (exact) mass is 1720 g/mol. The summed E-state index contributed by atoms with van der Waals surface area (Å²) in [7, 11) is 0. The number of hydrogen-bond acceptors (Lipinski definition) is 28. The molecule has 0 spiro atoms. The molecule has 1 aliphatic rings. The number of Topliss-reactive ketones (excluding diaryl/α,β-unsaturated/α-hetero) is 2. The molecule has 1 aromatic rings. The van der Waals surface area contributed by atoms with Gasteiger partial charge in [0, 0.05) is 88.9 Å². The first-order valence-electron chi connectivity index (χ1n) is 41.9. The number of ether oxygens (including phenoxy) is 4. The van der Waals surface area contributed by atoms with Crippen molar-refractivity contribution in [3.8, 4) is 0 Å². The average molecular weight is 1720 g/mol. The highest BCUT2D eigenvalue weighted by Gasteiger charge is 2.35. The van der Waals surface area contributed by atoms with E-state index in [1.165, 1.54) is 62.7 Å². The highest BCUT2D eigenvalue weighted by molar-refractivity contribution is 5.98. The Morgan fingerprint density at radius 2 is 0.934 bits per heavy atom. The van der Waals surface area contributed by atoms with Gasteiger partial charge in [-0.15, -0.1) is 10.2 Å². The number of ketones is 2. The van der Waals surface area contributed by atoms with Crippen LogP contribution in [0.15, 0.2) is 16.8 Å². The number of aryl methyl sites for hydroxylation is 1. The third kappa shape index (κ3) is 54.2. The summed E-state index contributed by atoms with van der Waals surface area (Å²) in [6.07, 6.45) is 21.6. The van der Waals surface area contributed by atoms with Gasteiger partial charge in [0.15, 0.2) is 11.6 Å². The molecule has 0 radical (unpaired) electrons. The fourth-order valence-electron chi connectivity index (χ4n) is 12.3. The maximum absolute atomic E-state index is 14.1. The fraction of sp³-hybridized carbons (Fsp3) is 0.744. The number of aromatic nitrogens is 4. The number of aliphatic carboxylic acids is 2. The Balaban J connectivity index is 1.81. The molecule has 0 saturated heterocycles. The largest absolute Gasteiger partial charge is 0.480 e. The standard InChI is InChI=1S/C78H132N18O25/c1-3-4-23-53(2)84-73(112)56(27-18-19-37-96(46-71(108)109)47-72(110)111)85-67(104)30-20-28-63(101)59(44-54-24-21-35-81-54)89-74(113)57(31-33-64(79)102)88-77(116)61(49-98)91-78(117)62(50-99)90-75(114)58(32-34-65(80)103)87-76(115)60(48-97)86-68(105)45-83-70(107)52-121-43-41-119-39-36-82-69(106)51-120-42-40-118-38-22-26-55(100)25-16-14-12-10-8-6-5-7-9-11-13-15-17-29-66-92-94-95-93-66/h24,35,53,56-62,97-99H,3-23,25-34,36-52H2,1-2H3,(H2,79,102)(H2,80,103)(H,82,106)(H,83,107)(H,84,112)(H,85,104)(H,86,105)(H,87,115)(H,88,116)(H,89,113)(H,90,114)(H,91,117)(H,108,109)(H,110,111)(H,92,93,94,95)/t53-,56+,57+,58+,59+,60-,61+,62+/m1/s1. The summed E-state index contributed by atoms with van der Waals surface area (Å²) in [5.74, 6) is -13.3. The van der Waals surface area contributed by atoms with E-state index in [2.05, 4.69) is 78.8 Å². The zero-order valence-corrected chi connectivity index (χ0v) is 70.0. The maximum Gasteiger partial charge on any atom is 0.317 e. The number of aliphatic imine (C=N–C) groups is 1. The molecule has 0 aromatic carbocycles. The molecule has 1 aliphatic heterocycles. The molecule has 2 heterocycles. The normalized spacial score (nSPS) is 13.7. The van der Waals surface area contributed by atoms with Gasteiger partial charge in [-0.05, 0) is 77.7 Å². The summed E-state index contributed by atoms with van der Waals surface area (Å²) in [5, 5.41) is 87.0. The number of rotatable bonds is 77. The molecule has 1 aromatic heterocycles. The number of nitrogens with two attached hydrogens (primary N) is 2. The number of allylic oxidation sites excluding steroid dienone is 1. The van der Waals surface area contributed by atoms with Crippen LogP contribution in [-0.4, -0.2) is 305 Å². The van der Waals surface area contributed by atoms with Crippen LogP contribution in [-0.2, 0) is 102 Å². The van der Waals surface area contributed by atoms with Gasteiger partial charge in [0.2, 0.25) is 70.9 Å². The highest BCUT2D eigenvalue weighted by Crippen LogP contribution is 2.18. The van der Waals surface area contributed by atoms with Crippen LogP contribution in [0, 0.1) is 0 Å². The minimum atomic E-state index is -1.98. The second-order valence-corrected chi connectivity index (χ2v) is 29.4. The first-order chi connectivity index (χ1) is 58.1. The molecule has 684 valence electrons. The summed E-state index contributed by atoms with van der Waals surface area (Å²) >= 11 is 0. The van der Waals surface area contributed by atoms with Crippen LogP contribution in [0.5, 0.6) is 0 Å². The van der Waals surface area contributed by atoms with E-state index in [0.29, 0.717) is 44.4 Å². The number of hydrogen-bond donors (Lipinski definition) is 18. The number of carboxylic acids is 2. The van der Waals surface area contributed by atoms with Crippen LogP contribution in [0.3, 0.4) is 0 Å². The zero-order chi connectivity index (χ0) is 89.4. The second-order valence-electron chi connectivity index (χ2n) is 29.4. The number of unbranched alkanes of at least 4 members (excludes halogenated alkanes) is 14. The molecule has 43 nitrogen and oxygen atoms in total. The lowest BCUT2D eigenvalue weighted by atomic mass is 10.00. The Hall–Kier alpha value is -9.92. The van der Waals surface area contributed by atoms with Gasteiger partial charge in [-0.25, -0.2) is 0 Å². The van der Waals surface area contributed by atoms with Crippen molar-refractivity contribution in [1.29, 1.82) is 0 Å². The lowest BCUT2D eigenvalue weighted by Crippen LogP contribution is -2.61. The number of primary amides is 2. The number of carbonyl (C=O) groups excluding carboxylic acids is 14. The van der Waals surface area contributed by atoms with E-state index in [9.17, 15) is 102 Å². The van der Waals surface area contributed by atoms with Crippen LogP contribution in [0.2, 0.25) is 0 Å². The summed E-state index contributed by atoms with van der Waals surface area (Å²) in [6, 6.07) is -11.9. The molecule has 0 saturated carbocycles. The van der Waals surface area contributed by atoms with Gasteiger partial charge in [-0.2, -0.15) is 5.21 Å². The van der Waals surface area contributed by atoms with Crippen molar-refractivity contribution in [2.45, 2.75) is 268 Å². The number of nitrogens with zero attached hydrogens (tertiary/aromatic N) is 5. The predicted molar refractivity (Wildman–Crippen MR) is 435 cm³/mol. The Kier molecular flexibility index (Phi) is 59.1. The van der Waals surface area contributed by atoms with Crippen LogP contribution in [0.25, 0.3) is 0 Å². The van der Waals surface area contributed by atoms with Gasteiger partial charge >= 0.3 is 11.9 Å². The minimum Gasteiger partial charge on any atom is -0.480 e. The quantitative estimate of drug-likeness (QED) is 0.0302. The van der Waals surface area contributed by atoms with Crippen molar-refractivity contribution in [2.24, 2.45) is 16.5 Å². The molecule has 121 heavy (non-hydrogen) atoms. The molecule has 12 amide bonds. The van der Waals surface area contributed by atoms with E-state index in [-0.39, 0.29) is 115 Å². The second kappa shape index (κ2) is 66.7. The van der Waals surface area contributed by atoms with Crippen molar-refractivity contribution in [1.82, 2.24) is 78.7 Å². The molecule has 43 heteroatoms. The minimum absolute atomic E-state index is 0.0230. The Morgan fingerprint density at radius 1 is 0.463 bits per heavy atom. The third-order valence-electron chi connectivity index (χ3n) is 18.9. The number of amides is 12. The molecule has 2 rings (SSSR count). The van der Waals surface area contributed by atoms with Gasteiger partial charge < -0.3 is 109 Å². The van der Waals surface area contributed by atoms with Crippen LogP contribution in [0.4, 0.5) is 0 Å². The first kappa shape index (κ1) is 107. The maximum atomic E-state index is 14.1. The first-order valence-corrected chi connectivity index (χ1v) is 41.9. The topological polar surface area (TPSA) is 654 Å². The Bertz CT molecular complexity index is 3360. The number of H-pyrrole nitrogens is 1. The van der Waals surface area contributed by atoms with Gasteiger partial charge in [-0.1, -0.05) is 102 Å². The summed E-state index contributed by atoms with van der Waals surface area (Å²) in [4.78, 5) is 211. The van der Waals surface area contributed by atoms with Gasteiger partial charge in [-0.3, -0.25) is 86.6 Å². The van der Waals surface area contributed by atoms with Crippen LogP contribution >= 0.6 is 0 Å². The van der Waals surface area contributed by atoms with Gasteiger partial charge in [0.25, 0.3) is 0 Å². The van der Waals surface area contributed by atoms with E-state index in [1.54, 1.807) is 19.2 Å². The van der Waals surface area contributed by atoms with Gasteiger partial charge in [0.1, 0.15) is 55.2 Å². The molecule has 0 aliphatic carbocycles. The molecule has 20 N–H and O–H groups in total. The van der Waals surface area contributed by atoms with Gasteiger partial charge in [0.05, 0.1) is 78.5 Å². The van der Waals surface area contributed by atoms with Crippen molar-refractivity contribution in [3.05, 3.63) is 17.6 Å². The molecule has 0 unspecified atom stereocenters. The number of nitrogens with one attached hydrogen (secondary N) is 11. The predicted octanol–water partition coefficient (Wildman–Crippen LogP) is -2.42. The van der Waals surface area contributed by atoms with E-state index in [1.807, 2.05) is 6.92 Å². The highest BCUT2D eigenvalue weighted by atomic mass is 16.5. The lowest BCUT2D eigenvalue weighted by Gasteiger charge is -2.26. The Morgan fingerprint density at radius 3 is 1.45 bits per heavy atom. The molecular formula is C78H132N18O25. The average Bonchev–Trinajstić information content (AvgIpc) is 1.47. The Labute approximate surface area is 704 Å². The number of aromatic amines is 1. The lowest BCUT2D eigenvalue weighted by molar-refractivity contribution is -0.142. The SMILES string of the molecule is CCCC[C@@H](C)NC(=O)[C@H](CCCCN(CC(=O)O)CC(=O)O)NC(=O)CCCC(=O)[C@H](CC1=CCC=N1)NC(=O)[C@H](CCC(N)=O)NC(=O)[C@H](CO)NC(=O)[C@H](CO)NC(=O)[C@H](CCC(N)=O)NC(=O)[C@@H](CO)NC(=O)CNC(=O)COCCOCCNC(=O)COCCOCCCC(=O)CCCCCCCCCCCCCCCc1nn[nH]n1. The van der Waals surface area contributed by atoms with Crippen molar-refractivity contribution in [3.63, 3.8) is 0 Å². The summed E-state index contributed by atoms with van der Waals surface area (Å²) < 4.78 is 21.5. The van der Waals surface area contributed by atoms with Crippen molar-refractivity contribution >= 4 is 101 Å². The molecule has 0 fully saturated rings. The van der Waals surface area contributed by atoms with E-state index >= 15 is 0 Å². The number of tetrazole rings is 1. The smallest absolute Gasteiger partial charge is 0.317 e. The number of carboxylic acid groups (broad SMARTS) is 2. The van der Waals surface area contributed by atoms with Crippen molar-refractivity contribution in [2.75, 3.05) is 105 Å². The third-order valence-corrected chi connectivity index (χ3v) is 18.9. The fourth-order valence-corrected chi connectivity index (χ4v) is 12.3. The number of aliphatic hydroxyl groups excluding tert-OH is 3. The van der Waals surface area contributed by atoms with E-state index < -0.39 is 197 Å². The number of aliphatic hydroxyl groups is 3. The molecular weight excluding hydrogens is 1590 g/mol. The summed E-state index contributed by atoms with van der Waals surface area (Å²) in [5.41, 5.74) is 11.1. The van der Waals surface area contributed by atoms with Crippen molar-refractivity contribution < 1.29 is 121 Å². The summed E-state index contributed by atoms with van der Waals surface area (Å²) in [6.45, 7) is -1.06. The van der Waals surface area contributed by atoms with Crippen LogP contribution < -0.4 is 64.6 Å². The molecule has 0 bridgehead atoms. The van der Waals surface area contributed by atoms with E-state index in [4.69, 9.17) is 30.4 Å². The van der Waals surface area contributed by atoms with E-state index in [0.717, 1.165) is 50.8 Å². The molecule has 8 atom stereocenters.